The van der Waals surface area contributed by atoms with Gasteiger partial charge in [0.05, 0.1) is 12.0 Å². The number of rotatable bonds is 4. The molecular weight excluding hydrogens is 283 g/mol. The molecule has 0 amide bonds. The molecule has 6 nitrogen and oxygen atoms in total. The highest BCUT2D eigenvalue weighted by molar-refractivity contribution is 7.92. The maximum absolute atomic E-state index is 13.8. The van der Waals surface area contributed by atoms with E-state index in [1.54, 1.807) is 13.0 Å². The number of nitrogens with zero attached hydrogens (tertiary/aromatic N) is 3. The summed E-state index contributed by atoms with van der Waals surface area (Å²) in [7, 11) is -2.46. The molecular formula is C12H15FN4O2S. The first-order chi connectivity index (χ1) is 9.39. The summed E-state index contributed by atoms with van der Waals surface area (Å²) in [4.78, 5) is 3.76. The van der Waals surface area contributed by atoms with Crippen LogP contribution in [0.3, 0.4) is 0 Å². The molecule has 0 aliphatic rings. The average Bonchev–Trinajstić information content (AvgIpc) is 2.72. The van der Waals surface area contributed by atoms with Crippen molar-refractivity contribution >= 4 is 21.5 Å². The second kappa shape index (κ2) is 5.12. The van der Waals surface area contributed by atoms with Crippen LogP contribution < -0.4 is 10.0 Å². The van der Waals surface area contributed by atoms with Crippen molar-refractivity contribution in [3.05, 3.63) is 36.4 Å². The third kappa shape index (κ3) is 2.22. The summed E-state index contributed by atoms with van der Waals surface area (Å²) in [5.74, 6) is -0.721. The van der Waals surface area contributed by atoms with Crippen LogP contribution in [0.5, 0.6) is 0 Å². The Kier molecular flexibility index (Phi) is 3.67. The molecule has 8 heteroatoms. The molecule has 2 N–H and O–H groups in total. The quantitative estimate of drug-likeness (QED) is 0.924. The molecule has 0 saturated carbocycles. The van der Waals surface area contributed by atoms with Gasteiger partial charge in [0.25, 0.3) is 10.0 Å². The van der Waals surface area contributed by atoms with E-state index in [9.17, 15) is 12.8 Å². The number of imidazole rings is 1. The van der Waals surface area contributed by atoms with Crippen molar-refractivity contribution in [2.75, 3.05) is 16.6 Å². The molecule has 108 valence electrons. The normalized spacial score (nSPS) is 11.6. The summed E-state index contributed by atoms with van der Waals surface area (Å²) >= 11 is 0. The maximum Gasteiger partial charge on any atom is 0.283 e. The first-order valence-electron chi connectivity index (χ1n) is 5.93. The molecule has 0 saturated heterocycles. The summed E-state index contributed by atoms with van der Waals surface area (Å²) in [6.07, 6.45) is 1.30. The van der Waals surface area contributed by atoms with E-state index in [0.717, 1.165) is 4.31 Å². The lowest BCUT2D eigenvalue weighted by atomic mass is 10.3. The van der Waals surface area contributed by atoms with E-state index in [0.29, 0.717) is 0 Å². The zero-order chi connectivity index (χ0) is 14.9. The van der Waals surface area contributed by atoms with Crippen LogP contribution in [0.4, 0.5) is 15.9 Å². The predicted molar refractivity (Wildman–Crippen MR) is 74.2 cm³/mol. The fourth-order valence-electron chi connectivity index (χ4n) is 1.98. The monoisotopic (exact) mass is 298 g/mol. The molecule has 0 radical (unpaired) electrons. The van der Waals surface area contributed by atoms with E-state index in [1.165, 1.54) is 36.1 Å². The Balaban J connectivity index is 2.60. The van der Waals surface area contributed by atoms with Crippen molar-refractivity contribution in [2.24, 2.45) is 7.05 Å². The van der Waals surface area contributed by atoms with E-state index >= 15 is 0 Å². The predicted octanol–water partition coefficient (Wildman–Crippen LogP) is 1.36. The van der Waals surface area contributed by atoms with E-state index in [-0.39, 0.29) is 23.1 Å². The van der Waals surface area contributed by atoms with Gasteiger partial charge in [-0.05, 0) is 19.1 Å². The third-order valence-electron chi connectivity index (χ3n) is 2.85. The molecule has 0 atom stereocenters. The van der Waals surface area contributed by atoms with Gasteiger partial charge in [-0.1, -0.05) is 12.1 Å². The second-order valence-corrected chi connectivity index (χ2v) is 5.94. The van der Waals surface area contributed by atoms with Crippen LogP contribution >= 0.6 is 0 Å². The number of nitrogens with two attached hydrogens (primary N) is 1. The lowest BCUT2D eigenvalue weighted by molar-refractivity contribution is 0.578. The van der Waals surface area contributed by atoms with Crippen LogP contribution in [0.2, 0.25) is 0 Å². The number of sulfonamides is 1. The lowest BCUT2D eigenvalue weighted by Gasteiger charge is -2.23. The number of nitrogen functional groups attached to an aromatic ring is 1. The summed E-state index contributed by atoms with van der Waals surface area (Å²) in [6, 6.07) is 5.68. The van der Waals surface area contributed by atoms with Crippen LogP contribution in [0.1, 0.15) is 6.92 Å². The molecule has 0 spiro atoms. The average molecular weight is 298 g/mol. The summed E-state index contributed by atoms with van der Waals surface area (Å²) < 4.78 is 41.4. The van der Waals surface area contributed by atoms with Gasteiger partial charge in [0.15, 0.2) is 10.8 Å². The largest absolute Gasteiger partial charge is 0.381 e. The molecule has 2 rings (SSSR count). The number of aryl methyl sites for hydroxylation is 1. The van der Waals surface area contributed by atoms with Crippen molar-refractivity contribution < 1.29 is 12.8 Å². The van der Waals surface area contributed by atoms with Crippen molar-refractivity contribution in [1.82, 2.24) is 9.55 Å². The maximum atomic E-state index is 13.8. The lowest BCUT2D eigenvalue weighted by Crippen LogP contribution is -2.33. The minimum absolute atomic E-state index is 0.0180. The Labute approximate surface area is 116 Å². The number of aromatic nitrogens is 2. The number of halogens is 1. The summed E-state index contributed by atoms with van der Waals surface area (Å²) in [5, 5.41) is -0.150. The molecule has 0 unspecified atom stereocenters. The SMILES string of the molecule is CCN(c1ccccc1F)S(=O)(=O)c1c(N)ncn1C. The number of para-hydroxylation sites is 1. The molecule has 1 aromatic carbocycles. The number of hydrogen-bond acceptors (Lipinski definition) is 4. The van der Waals surface area contributed by atoms with E-state index in [1.807, 2.05) is 0 Å². The Hall–Kier alpha value is -2.09. The van der Waals surface area contributed by atoms with Gasteiger partial charge in [0.2, 0.25) is 0 Å². The zero-order valence-electron chi connectivity index (χ0n) is 11.1. The highest BCUT2D eigenvalue weighted by atomic mass is 32.2. The Morgan fingerprint density at radius 3 is 2.55 bits per heavy atom. The van der Waals surface area contributed by atoms with Crippen LogP contribution in [-0.2, 0) is 17.1 Å². The van der Waals surface area contributed by atoms with E-state index < -0.39 is 15.8 Å². The zero-order valence-corrected chi connectivity index (χ0v) is 11.9. The van der Waals surface area contributed by atoms with Crippen molar-refractivity contribution in [2.45, 2.75) is 11.9 Å². The molecule has 1 heterocycles. The first-order valence-corrected chi connectivity index (χ1v) is 7.37. The summed E-state index contributed by atoms with van der Waals surface area (Å²) in [6.45, 7) is 1.70. The smallest absolute Gasteiger partial charge is 0.283 e. The Morgan fingerprint density at radius 1 is 1.40 bits per heavy atom. The first kappa shape index (κ1) is 14.3. The second-order valence-electron chi connectivity index (χ2n) is 4.17. The number of benzene rings is 1. The van der Waals surface area contributed by atoms with Gasteiger partial charge in [0, 0.05) is 13.6 Å². The van der Waals surface area contributed by atoms with E-state index in [4.69, 9.17) is 5.73 Å². The Morgan fingerprint density at radius 2 is 2.05 bits per heavy atom. The number of anilines is 2. The van der Waals surface area contributed by atoms with Gasteiger partial charge in [-0.2, -0.15) is 8.42 Å². The van der Waals surface area contributed by atoms with Crippen molar-refractivity contribution in [3.8, 4) is 0 Å². The molecule has 0 bridgehead atoms. The molecule has 0 aliphatic heterocycles. The Bertz CT molecular complexity index is 707. The molecule has 0 aliphatic carbocycles. The number of hydrogen-bond donors (Lipinski definition) is 1. The van der Waals surface area contributed by atoms with Gasteiger partial charge in [-0.15, -0.1) is 0 Å². The van der Waals surface area contributed by atoms with Gasteiger partial charge in [0.1, 0.15) is 5.82 Å². The highest BCUT2D eigenvalue weighted by Gasteiger charge is 2.30. The van der Waals surface area contributed by atoms with Gasteiger partial charge >= 0.3 is 0 Å². The van der Waals surface area contributed by atoms with Gasteiger partial charge < -0.3 is 10.3 Å². The topological polar surface area (TPSA) is 81.2 Å². The minimum atomic E-state index is -3.98. The summed E-state index contributed by atoms with van der Waals surface area (Å²) in [5.41, 5.74) is 5.59. The molecule has 20 heavy (non-hydrogen) atoms. The van der Waals surface area contributed by atoms with Crippen LogP contribution in [0.15, 0.2) is 35.6 Å². The van der Waals surface area contributed by atoms with Gasteiger partial charge in [-0.25, -0.2) is 9.37 Å². The van der Waals surface area contributed by atoms with E-state index in [2.05, 4.69) is 4.98 Å². The standard InChI is InChI=1S/C12H15FN4O2S/c1-3-17(10-7-5-4-6-9(10)13)20(18,19)12-11(14)15-8-16(12)2/h4-8H,3,14H2,1-2H3. The van der Waals surface area contributed by atoms with Gasteiger partial charge in [-0.3, -0.25) is 4.31 Å². The van der Waals surface area contributed by atoms with Crippen molar-refractivity contribution in [3.63, 3.8) is 0 Å². The van der Waals surface area contributed by atoms with Crippen LogP contribution in [0, 0.1) is 5.82 Å². The fourth-order valence-corrected chi connectivity index (χ4v) is 3.66. The molecule has 2 aromatic rings. The third-order valence-corrected chi connectivity index (χ3v) is 4.87. The van der Waals surface area contributed by atoms with Crippen LogP contribution in [-0.4, -0.2) is 24.5 Å². The highest BCUT2D eigenvalue weighted by Crippen LogP contribution is 2.27. The molecule has 1 aromatic heterocycles. The van der Waals surface area contributed by atoms with Crippen LogP contribution in [0.25, 0.3) is 0 Å². The molecule has 0 fully saturated rings. The minimum Gasteiger partial charge on any atom is -0.381 e. The van der Waals surface area contributed by atoms with Crippen molar-refractivity contribution in [1.29, 1.82) is 0 Å². The fraction of sp³-hybridized carbons (Fsp3) is 0.250.